The Morgan fingerprint density at radius 1 is 1.09 bits per heavy atom. The van der Waals surface area contributed by atoms with Gasteiger partial charge in [-0.15, -0.1) is 0 Å². The SMILES string of the molecule is Cc1cc2c(cc1C)C(NCCc1ccccc1)CC(C)(C)O2. The van der Waals surface area contributed by atoms with E-state index in [0.717, 1.165) is 25.1 Å². The third-order valence-corrected chi connectivity index (χ3v) is 4.73. The maximum Gasteiger partial charge on any atom is 0.125 e. The number of aryl methyl sites for hydroxylation is 2. The number of hydrogen-bond donors (Lipinski definition) is 1. The largest absolute Gasteiger partial charge is 0.487 e. The van der Waals surface area contributed by atoms with Gasteiger partial charge in [-0.2, -0.15) is 0 Å². The molecule has 1 unspecified atom stereocenters. The van der Waals surface area contributed by atoms with Gasteiger partial charge in [0.05, 0.1) is 0 Å². The number of ether oxygens (including phenoxy) is 1. The van der Waals surface area contributed by atoms with E-state index in [2.05, 4.69) is 75.5 Å². The molecule has 0 amide bonds. The smallest absolute Gasteiger partial charge is 0.125 e. The van der Waals surface area contributed by atoms with Gasteiger partial charge < -0.3 is 10.1 Å². The van der Waals surface area contributed by atoms with Gasteiger partial charge in [-0.05, 0) is 63.4 Å². The molecule has 2 heteroatoms. The average molecular weight is 309 g/mol. The highest BCUT2D eigenvalue weighted by Gasteiger charge is 2.33. The van der Waals surface area contributed by atoms with Crippen LogP contribution in [0.4, 0.5) is 0 Å². The molecule has 1 aliphatic heterocycles. The van der Waals surface area contributed by atoms with Crippen molar-refractivity contribution in [1.29, 1.82) is 0 Å². The van der Waals surface area contributed by atoms with Crippen molar-refractivity contribution in [2.45, 2.75) is 52.2 Å². The van der Waals surface area contributed by atoms with Gasteiger partial charge in [-0.3, -0.25) is 0 Å². The van der Waals surface area contributed by atoms with E-state index in [1.54, 1.807) is 0 Å². The van der Waals surface area contributed by atoms with Crippen LogP contribution in [-0.4, -0.2) is 12.1 Å². The third kappa shape index (κ3) is 3.76. The summed E-state index contributed by atoms with van der Waals surface area (Å²) < 4.78 is 6.21. The number of hydrogen-bond acceptors (Lipinski definition) is 2. The quantitative estimate of drug-likeness (QED) is 0.881. The van der Waals surface area contributed by atoms with Gasteiger partial charge in [0.25, 0.3) is 0 Å². The van der Waals surface area contributed by atoms with E-state index in [0.29, 0.717) is 6.04 Å². The van der Waals surface area contributed by atoms with Crippen LogP contribution in [0.3, 0.4) is 0 Å². The van der Waals surface area contributed by atoms with E-state index >= 15 is 0 Å². The summed E-state index contributed by atoms with van der Waals surface area (Å²) in [5.74, 6) is 1.04. The molecular weight excluding hydrogens is 282 g/mol. The number of rotatable bonds is 4. The molecule has 0 spiro atoms. The Labute approximate surface area is 139 Å². The topological polar surface area (TPSA) is 21.3 Å². The molecule has 1 N–H and O–H groups in total. The van der Waals surface area contributed by atoms with Crippen molar-refractivity contribution in [2.75, 3.05) is 6.54 Å². The molecule has 2 nitrogen and oxygen atoms in total. The molecule has 0 saturated carbocycles. The molecule has 1 aliphatic rings. The lowest BCUT2D eigenvalue weighted by atomic mass is 9.88. The Hall–Kier alpha value is -1.80. The molecule has 0 aromatic heterocycles. The lowest BCUT2D eigenvalue weighted by Gasteiger charge is -2.38. The van der Waals surface area contributed by atoms with Crippen molar-refractivity contribution in [2.24, 2.45) is 0 Å². The van der Waals surface area contributed by atoms with Gasteiger partial charge in [0.15, 0.2) is 0 Å². The van der Waals surface area contributed by atoms with E-state index < -0.39 is 0 Å². The van der Waals surface area contributed by atoms with Crippen LogP contribution in [0.15, 0.2) is 42.5 Å². The molecule has 122 valence electrons. The third-order valence-electron chi connectivity index (χ3n) is 4.73. The fourth-order valence-electron chi connectivity index (χ4n) is 3.33. The highest BCUT2D eigenvalue weighted by atomic mass is 16.5. The summed E-state index contributed by atoms with van der Waals surface area (Å²) in [6.45, 7) is 9.67. The predicted molar refractivity (Wildman–Crippen MR) is 96.1 cm³/mol. The molecule has 0 fully saturated rings. The summed E-state index contributed by atoms with van der Waals surface area (Å²) in [7, 11) is 0. The predicted octanol–water partition coefficient (Wildman–Crippen LogP) is 4.74. The van der Waals surface area contributed by atoms with Crippen molar-refractivity contribution >= 4 is 0 Å². The van der Waals surface area contributed by atoms with Crippen LogP contribution in [0.5, 0.6) is 5.75 Å². The fourth-order valence-corrected chi connectivity index (χ4v) is 3.33. The summed E-state index contributed by atoms with van der Waals surface area (Å²) in [6, 6.07) is 15.5. The molecule has 2 aromatic carbocycles. The minimum Gasteiger partial charge on any atom is -0.487 e. The first-order valence-corrected chi connectivity index (χ1v) is 8.52. The standard InChI is InChI=1S/C21H27NO/c1-15-12-18-19(22-11-10-17-8-6-5-7-9-17)14-21(3,4)23-20(18)13-16(15)2/h5-9,12-13,19,22H,10-11,14H2,1-4H3. The Kier molecular flexibility index (Phi) is 4.45. The number of fused-ring (bicyclic) bond motifs is 1. The van der Waals surface area contributed by atoms with Crippen molar-refractivity contribution in [3.63, 3.8) is 0 Å². The highest BCUT2D eigenvalue weighted by molar-refractivity contribution is 5.45. The van der Waals surface area contributed by atoms with Gasteiger partial charge >= 0.3 is 0 Å². The number of nitrogens with one attached hydrogen (secondary N) is 1. The Balaban J connectivity index is 1.75. The molecule has 2 aromatic rings. The summed E-state index contributed by atoms with van der Waals surface area (Å²) in [4.78, 5) is 0. The molecule has 0 aliphatic carbocycles. The van der Waals surface area contributed by atoms with Crippen LogP contribution >= 0.6 is 0 Å². The van der Waals surface area contributed by atoms with Crippen LogP contribution in [0.1, 0.15) is 48.6 Å². The zero-order valence-corrected chi connectivity index (χ0v) is 14.6. The number of benzene rings is 2. The van der Waals surface area contributed by atoms with Crippen molar-refractivity contribution in [1.82, 2.24) is 5.32 Å². The van der Waals surface area contributed by atoms with Gasteiger partial charge in [0, 0.05) is 18.0 Å². The molecule has 0 saturated heterocycles. The van der Waals surface area contributed by atoms with E-state index in [4.69, 9.17) is 4.74 Å². The van der Waals surface area contributed by atoms with Gasteiger partial charge in [-0.25, -0.2) is 0 Å². The zero-order chi connectivity index (χ0) is 16.4. The lowest BCUT2D eigenvalue weighted by molar-refractivity contribution is 0.0661. The maximum absolute atomic E-state index is 6.21. The molecular formula is C21H27NO. The second-order valence-corrected chi connectivity index (χ2v) is 7.28. The van der Waals surface area contributed by atoms with E-state index in [1.165, 1.54) is 22.3 Å². The van der Waals surface area contributed by atoms with Crippen LogP contribution in [0.2, 0.25) is 0 Å². The monoisotopic (exact) mass is 309 g/mol. The molecule has 1 heterocycles. The second kappa shape index (κ2) is 6.37. The highest BCUT2D eigenvalue weighted by Crippen LogP contribution is 2.40. The van der Waals surface area contributed by atoms with E-state index in [-0.39, 0.29) is 5.60 Å². The van der Waals surface area contributed by atoms with Crippen LogP contribution < -0.4 is 10.1 Å². The summed E-state index contributed by atoms with van der Waals surface area (Å²) in [5.41, 5.74) is 5.19. The van der Waals surface area contributed by atoms with Crippen LogP contribution in [0, 0.1) is 13.8 Å². The Bertz CT molecular complexity index is 676. The van der Waals surface area contributed by atoms with Crippen molar-refractivity contribution in [3.05, 3.63) is 64.7 Å². The Morgan fingerprint density at radius 3 is 2.52 bits per heavy atom. The Morgan fingerprint density at radius 2 is 1.78 bits per heavy atom. The van der Waals surface area contributed by atoms with Crippen molar-refractivity contribution in [3.8, 4) is 5.75 Å². The summed E-state index contributed by atoms with van der Waals surface area (Å²) in [5, 5.41) is 3.75. The second-order valence-electron chi connectivity index (χ2n) is 7.28. The molecule has 1 atom stereocenters. The van der Waals surface area contributed by atoms with E-state index in [1.807, 2.05) is 0 Å². The first kappa shape index (κ1) is 16.1. The van der Waals surface area contributed by atoms with Crippen molar-refractivity contribution < 1.29 is 4.74 Å². The normalized spacial score (nSPS) is 19.0. The first-order chi connectivity index (χ1) is 10.9. The molecule has 3 rings (SSSR count). The first-order valence-electron chi connectivity index (χ1n) is 8.52. The van der Waals surface area contributed by atoms with Gasteiger partial charge in [0.1, 0.15) is 11.4 Å². The average Bonchev–Trinajstić information content (AvgIpc) is 2.49. The van der Waals surface area contributed by atoms with Crippen LogP contribution in [0.25, 0.3) is 0 Å². The van der Waals surface area contributed by atoms with E-state index in [9.17, 15) is 0 Å². The lowest BCUT2D eigenvalue weighted by Crippen LogP contribution is -2.40. The molecule has 0 radical (unpaired) electrons. The zero-order valence-electron chi connectivity index (χ0n) is 14.6. The minimum absolute atomic E-state index is 0.126. The van der Waals surface area contributed by atoms with Gasteiger partial charge in [0.2, 0.25) is 0 Å². The maximum atomic E-state index is 6.21. The summed E-state index contributed by atoms with van der Waals surface area (Å²) in [6.07, 6.45) is 2.05. The summed E-state index contributed by atoms with van der Waals surface area (Å²) >= 11 is 0. The van der Waals surface area contributed by atoms with Gasteiger partial charge in [-0.1, -0.05) is 36.4 Å². The minimum atomic E-state index is -0.126. The molecule has 23 heavy (non-hydrogen) atoms. The molecule has 0 bridgehead atoms. The fraction of sp³-hybridized carbons (Fsp3) is 0.429. The van der Waals surface area contributed by atoms with Crippen LogP contribution in [-0.2, 0) is 6.42 Å².